The summed E-state index contributed by atoms with van der Waals surface area (Å²) in [5.74, 6) is -0.536. The van der Waals surface area contributed by atoms with Crippen LogP contribution in [0.3, 0.4) is 0 Å². The Balaban J connectivity index is 1.75. The number of amides is 2. The van der Waals surface area contributed by atoms with Crippen LogP contribution in [0.15, 0.2) is 42.7 Å². The molecule has 26 heavy (non-hydrogen) atoms. The molecule has 0 atom stereocenters. The monoisotopic (exact) mass is 349 g/mol. The number of para-hydroxylation sites is 1. The summed E-state index contributed by atoms with van der Waals surface area (Å²) in [5, 5.41) is 11.8. The van der Waals surface area contributed by atoms with E-state index in [9.17, 15) is 9.59 Å². The molecule has 0 radical (unpaired) electrons. The average molecular weight is 349 g/mol. The van der Waals surface area contributed by atoms with Gasteiger partial charge >= 0.3 is 0 Å². The van der Waals surface area contributed by atoms with E-state index in [1.165, 1.54) is 18.5 Å². The molecule has 7 nitrogen and oxygen atoms in total. The number of pyridine rings is 1. The number of benzene rings is 1. The van der Waals surface area contributed by atoms with Crippen LogP contribution in [0.1, 0.15) is 26.3 Å². The van der Waals surface area contributed by atoms with E-state index < -0.39 is 5.91 Å². The van der Waals surface area contributed by atoms with Crippen LogP contribution in [-0.2, 0) is 0 Å². The molecule has 3 rings (SSSR count). The Morgan fingerprint density at radius 1 is 1.12 bits per heavy atom. The number of nitrogens with zero attached hydrogens (tertiary/aromatic N) is 4. The maximum Gasteiger partial charge on any atom is 0.257 e. The fourth-order valence-corrected chi connectivity index (χ4v) is 2.76. The third kappa shape index (κ3) is 3.87. The summed E-state index contributed by atoms with van der Waals surface area (Å²) >= 11 is 0. The molecule has 2 aromatic rings. The van der Waals surface area contributed by atoms with Gasteiger partial charge in [0.25, 0.3) is 11.8 Å². The molecule has 1 aromatic carbocycles. The van der Waals surface area contributed by atoms with Crippen LogP contribution in [0, 0.1) is 11.3 Å². The minimum absolute atomic E-state index is 0.127. The number of carbonyl (C=O) groups excluding carboxylic acids is 2. The summed E-state index contributed by atoms with van der Waals surface area (Å²) in [6.45, 7) is 2.96. The molecule has 1 fully saturated rings. The van der Waals surface area contributed by atoms with Crippen molar-refractivity contribution in [2.75, 3.05) is 38.5 Å². The second kappa shape index (κ2) is 7.76. The zero-order chi connectivity index (χ0) is 18.5. The van der Waals surface area contributed by atoms with Crippen LogP contribution in [0.5, 0.6) is 0 Å². The molecule has 0 saturated carbocycles. The number of anilines is 1. The summed E-state index contributed by atoms with van der Waals surface area (Å²) in [6.07, 6.45) is 2.88. The lowest BCUT2D eigenvalue weighted by Gasteiger charge is -2.32. The Morgan fingerprint density at radius 3 is 2.54 bits per heavy atom. The van der Waals surface area contributed by atoms with Crippen LogP contribution in [0.25, 0.3) is 0 Å². The fraction of sp³-hybridized carbons (Fsp3) is 0.263. The van der Waals surface area contributed by atoms with Crippen molar-refractivity contribution in [1.29, 1.82) is 5.26 Å². The molecule has 1 aromatic heterocycles. The van der Waals surface area contributed by atoms with E-state index in [1.807, 2.05) is 13.1 Å². The molecular weight excluding hydrogens is 330 g/mol. The van der Waals surface area contributed by atoms with E-state index in [1.54, 1.807) is 29.2 Å². The Bertz CT molecular complexity index is 866. The lowest BCUT2D eigenvalue weighted by Crippen LogP contribution is -2.47. The number of likely N-dealkylation sites (N-methyl/N-ethyl adjacent to an activating group) is 1. The van der Waals surface area contributed by atoms with E-state index in [0.29, 0.717) is 29.9 Å². The minimum atomic E-state index is -0.409. The predicted molar refractivity (Wildman–Crippen MR) is 96.7 cm³/mol. The first-order valence-electron chi connectivity index (χ1n) is 8.32. The maximum absolute atomic E-state index is 12.6. The number of hydrogen-bond donors (Lipinski definition) is 1. The Morgan fingerprint density at radius 2 is 1.81 bits per heavy atom. The van der Waals surface area contributed by atoms with Crippen LogP contribution in [-0.4, -0.2) is 59.8 Å². The number of hydrogen-bond acceptors (Lipinski definition) is 5. The van der Waals surface area contributed by atoms with Crippen molar-refractivity contribution in [3.63, 3.8) is 0 Å². The van der Waals surface area contributed by atoms with Gasteiger partial charge in [-0.15, -0.1) is 0 Å². The number of nitriles is 1. The van der Waals surface area contributed by atoms with E-state index >= 15 is 0 Å². The lowest BCUT2D eigenvalue weighted by atomic mass is 10.1. The van der Waals surface area contributed by atoms with Gasteiger partial charge in [0.1, 0.15) is 6.07 Å². The second-order valence-corrected chi connectivity index (χ2v) is 6.17. The lowest BCUT2D eigenvalue weighted by molar-refractivity contribution is 0.0663. The molecule has 1 aliphatic heterocycles. The van der Waals surface area contributed by atoms with E-state index in [-0.39, 0.29) is 11.5 Å². The number of aromatic nitrogens is 1. The highest BCUT2D eigenvalue weighted by molar-refractivity contribution is 6.06. The summed E-state index contributed by atoms with van der Waals surface area (Å²) in [5.41, 5.74) is 1.46. The molecular formula is C19H19N5O2. The predicted octanol–water partition coefficient (Wildman–Crippen LogP) is 1.59. The maximum atomic E-state index is 12.6. The zero-order valence-corrected chi connectivity index (χ0v) is 14.5. The molecule has 0 aliphatic carbocycles. The fourth-order valence-electron chi connectivity index (χ4n) is 2.76. The molecule has 0 unspecified atom stereocenters. The number of piperazine rings is 1. The van der Waals surface area contributed by atoms with Gasteiger partial charge in [0, 0.05) is 38.6 Å². The van der Waals surface area contributed by atoms with Crippen LogP contribution >= 0.6 is 0 Å². The van der Waals surface area contributed by atoms with Crippen molar-refractivity contribution in [2.45, 2.75) is 0 Å². The molecule has 0 bridgehead atoms. The van der Waals surface area contributed by atoms with Gasteiger partial charge in [0.2, 0.25) is 0 Å². The standard InChI is InChI=1S/C19H19N5O2/c1-23-6-8-24(9-7-23)19(26)16-10-15(12-21-13-16)18(25)22-17-5-3-2-4-14(17)11-20/h2-5,10,12-13H,6-9H2,1H3,(H,22,25). The Hall–Kier alpha value is -3.24. The highest BCUT2D eigenvalue weighted by Crippen LogP contribution is 2.16. The Kier molecular flexibility index (Phi) is 5.25. The van der Waals surface area contributed by atoms with Gasteiger partial charge in [0.15, 0.2) is 0 Å². The third-order valence-corrected chi connectivity index (χ3v) is 4.33. The molecule has 2 heterocycles. The molecule has 1 N–H and O–H groups in total. The highest BCUT2D eigenvalue weighted by atomic mass is 16.2. The van der Waals surface area contributed by atoms with E-state index in [4.69, 9.17) is 5.26 Å². The molecule has 132 valence electrons. The van der Waals surface area contributed by atoms with Crippen molar-refractivity contribution >= 4 is 17.5 Å². The third-order valence-electron chi connectivity index (χ3n) is 4.33. The van der Waals surface area contributed by atoms with Crippen LogP contribution in [0.2, 0.25) is 0 Å². The van der Waals surface area contributed by atoms with Gasteiger partial charge in [0.05, 0.1) is 22.4 Å². The van der Waals surface area contributed by atoms with E-state index in [0.717, 1.165) is 13.1 Å². The molecule has 7 heteroatoms. The average Bonchev–Trinajstić information content (AvgIpc) is 2.68. The number of rotatable bonds is 3. The van der Waals surface area contributed by atoms with Gasteiger partial charge in [-0.1, -0.05) is 12.1 Å². The first kappa shape index (κ1) is 17.6. The normalized spacial score (nSPS) is 14.5. The summed E-state index contributed by atoms with van der Waals surface area (Å²) in [4.78, 5) is 33.1. The van der Waals surface area contributed by atoms with Gasteiger partial charge in [-0.2, -0.15) is 5.26 Å². The largest absolute Gasteiger partial charge is 0.336 e. The minimum Gasteiger partial charge on any atom is -0.336 e. The Labute approximate surface area is 151 Å². The summed E-state index contributed by atoms with van der Waals surface area (Å²) in [7, 11) is 2.02. The molecule has 2 amide bonds. The van der Waals surface area contributed by atoms with Gasteiger partial charge in [-0.3, -0.25) is 14.6 Å². The number of nitrogens with one attached hydrogen (secondary N) is 1. The van der Waals surface area contributed by atoms with Crippen molar-refractivity contribution < 1.29 is 9.59 Å². The first-order valence-corrected chi connectivity index (χ1v) is 8.32. The summed E-state index contributed by atoms with van der Waals surface area (Å²) in [6, 6.07) is 10.3. The van der Waals surface area contributed by atoms with E-state index in [2.05, 4.69) is 15.2 Å². The van der Waals surface area contributed by atoms with Gasteiger partial charge in [-0.05, 0) is 25.2 Å². The second-order valence-electron chi connectivity index (χ2n) is 6.17. The highest BCUT2D eigenvalue weighted by Gasteiger charge is 2.21. The van der Waals surface area contributed by atoms with Crippen LogP contribution < -0.4 is 5.32 Å². The SMILES string of the molecule is CN1CCN(C(=O)c2cncc(C(=O)Nc3ccccc3C#N)c2)CC1. The van der Waals surface area contributed by atoms with Crippen molar-refractivity contribution in [2.24, 2.45) is 0 Å². The number of carbonyl (C=O) groups is 2. The summed E-state index contributed by atoms with van der Waals surface area (Å²) < 4.78 is 0. The smallest absolute Gasteiger partial charge is 0.257 e. The first-order chi connectivity index (χ1) is 12.6. The zero-order valence-electron chi connectivity index (χ0n) is 14.5. The van der Waals surface area contributed by atoms with Crippen molar-refractivity contribution in [1.82, 2.24) is 14.8 Å². The molecule has 1 saturated heterocycles. The quantitative estimate of drug-likeness (QED) is 0.909. The molecule has 1 aliphatic rings. The van der Waals surface area contributed by atoms with Crippen LogP contribution in [0.4, 0.5) is 5.69 Å². The molecule has 0 spiro atoms. The van der Waals surface area contributed by atoms with Crippen molar-refractivity contribution in [3.8, 4) is 6.07 Å². The van der Waals surface area contributed by atoms with Gasteiger partial charge in [-0.25, -0.2) is 0 Å². The van der Waals surface area contributed by atoms with Crippen molar-refractivity contribution in [3.05, 3.63) is 59.4 Å². The topological polar surface area (TPSA) is 89.3 Å². The van der Waals surface area contributed by atoms with Gasteiger partial charge < -0.3 is 15.1 Å².